The molecule has 0 bridgehead atoms. The van der Waals surface area contributed by atoms with Crippen LogP contribution in [-0.4, -0.2) is 11.5 Å². The Hall–Kier alpha value is -0.410. The maximum Gasteiger partial charge on any atom is 0.112 e. The summed E-state index contributed by atoms with van der Waals surface area (Å²) in [6.07, 6.45) is 7.54. The zero-order chi connectivity index (χ0) is 10.7. The van der Waals surface area contributed by atoms with Crippen LogP contribution in [0.3, 0.4) is 0 Å². The molecule has 2 rings (SSSR count). The lowest BCUT2D eigenvalue weighted by molar-refractivity contribution is 0.356. The first kappa shape index (κ1) is 11.1. The van der Waals surface area contributed by atoms with Crippen LogP contribution in [0.4, 0.5) is 0 Å². The maximum absolute atomic E-state index is 4.39. The van der Waals surface area contributed by atoms with Crippen LogP contribution >= 0.6 is 11.3 Å². The van der Waals surface area contributed by atoms with Crippen molar-refractivity contribution in [3.8, 4) is 0 Å². The van der Waals surface area contributed by atoms with Gasteiger partial charge in [0.05, 0.1) is 5.54 Å². The van der Waals surface area contributed by atoms with Gasteiger partial charge in [-0.3, -0.25) is 0 Å². The van der Waals surface area contributed by atoms with Gasteiger partial charge in [0, 0.05) is 11.6 Å². The summed E-state index contributed by atoms with van der Waals surface area (Å²) in [5, 5.41) is 6.90. The Morgan fingerprint density at radius 2 is 2.20 bits per heavy atom. The van der Waals surface area contributed by atoms with E-state index in [2.05, 4.69) is 24.1 Å². The van der Waals surface area contributed by atoms with Crippen molar-refractivity contribution in [3.05, 3.63) is 16.6 Å². The lowest BCUT2D eigenvalue weighted by Crippen LogP contribution is -2.39. The molecule has 1 aliphatic carbocycles. The monoisotopic (exact) mass is 224 g/mol. The van der Waals surface area contributed by atoms with E-state index in [1.54, 1.807) is 11.3 Å². The first-order valence-electron chi connectivity index (χ1n) is 5.83. The summed E-state index contributed by atoms with van der Waals surface area (Å²) in [6, 6.07) is 0. The van der Waals surface area contributed by atoms with Gasteiger partial charge in [-0.1, -0.05) is 12.8 Å². The van der Waals surface area contributed by atoms with Crippen molar-refractivity contribution in [2.24, 2.45) is 5.92 Å². The SMILES string of the molecule is CC(C)(NCC1CCCC1)c1nccs1. The van der Waals surface area contributed by atoms with Crippen molar-refractivity contribution in [1.29, 1.82) is 0 Å². The average Bonchev–Trinajstić information content (AvgIpc) is 2.88. The molecule has 1 fully saturated rings. The third-order valence-electron chi connectivity index (χ3n) is 3.27. The number of nitrogens with zero attached hydrogens (tertiary/aromatic N) is 1. The molecular formula is C12H20N2S. The van der Waals surface area contributed by atoms with Crippen molar-refractivity contribution in [2.45, 2.75) is 45.1 Å². The van der Waals surface area contributed by atoms with Crippen LogP contribution in [0, 0.1) is 5.92 Å². The van der Waals surface area contributed by atoms with E-state index in [0.29, 0.717) is 0 Å². The molecule has 0 aliphatic heterocycles. The lowest BCUT2D eigenvalue weighted by Gasteiger charge is -2.25. The highest BCUT2D eigenvalue weighted by Gasteiger charge is 2.24. The molecule has 1 saturated carbocycles. The van der Waals surface area contributed by atoms with E-state index in [1.807, 2.05) is 11.6 Å². The van der Waals surface area contributed by atoms with Gasteiger partial charge < -0.3 is 5.32 Å². The molecule has 0 aromatic carbocycles. The van der Waals surface area contributed by atoms with Crippen LogP contribution < -0.4 is 5.32 Å². The minimum absolute atomic E-state index is 0.0384. The highest BCUT2D eigenvalue weighted by molar-refractivity contribution is 7.09. The van der Waals surface area contributed by atoms with Crippen LogP contribution in [0.1, 0.15) is 44.5 Å². The summed E-state index contributed by atoms with van der Waals surface area (Å²) >= 11 is 1.74. The van der Waals surface area contributed by atoms with E-state index in [1.165, 1.54) is 30.7 Å². The fraction of sp³-hybridized carbons (Fsp3) is 0.750. The largest absolute Gasteiger partial charge is 0.306 e. The fourth-order valence-electron chi connectivity index (χ4n) is 2.22. The molecule has 3 heteroatoms. The molecule has 0 atom stereocenters. The van der Waals surface area contributed by atoms with Crippen molar-refractivity contribution >= 4 is 11.3 Å². The van der Waals surface area contributed by atoms with E-state index < -0.39 is 0 Å². The molecule has 84 valence electrons. The molecule has 0 saturated heterocycles. The first-order valence-corrected chi connectivity index (χ1v) is 6.71. The topological polar surface area (TPSA) is 24.9 Å². The van der Waals surface area contributed by atoms with Crippen LogP contribution in [-0.2, 0) is 5.54 Å². The second-order valence-electron chi connectivity index (χ2n) is 4.99. The molecule has 1 aromatic heterocycles. The molecule has 0 radical (unpaired) electrons. The molecule has 0 spiro atoms. The van der Waals surface area contributed by atoms with E-state index >= 15 is 0 Å². The number of aromatic nitrogens is 1. The van der Waals surface area contributed by atoms with Gasteiger partial charge in [-0.15, -0.1) is 11.3 Å². The van der Waals surface area contributed by atoms with Crippen molar-refractivity contribution in [3.63, 3.8) is 0 Å². The van der Waals surface area contributed by atoms with Gasteiger partial charge in [0.2, 0.25) is 0 Å². The van der Waals surface area contributed by atoms with Gasteiger partial charge in [0.25, 0.3) is 0 Å². The van der Waals surface area contributed by atoms with Crippen molar-refractivity contribution < 1.29 is 0 Å². The third-order valence-corrected chi connectivity index (χ3v) is 4.37. The molecule has 0 unspecified atom stereocenters. The average molecular weight is 224 g/mol. The molecular weight excluding hydrogens is 204 g/mol. The minimum atomic E-state index is 0.0384. The summed E-state index contributed by atoms with van der Waals surface area (Å²) in [4.78, 5) is 4.39. The number of rotatable bonds is 4. The van der Waals surface area contributed by atoms with E-state index in [4.69, 9.17) is 0 Å². The Morgan fingerprint density at radius 3 is 2.80 bits per heavy atom. The van der Waals surface area contributed by atoms with Gasteiger partial charge in [0.1, 0.15) is 5.01 Å². The quantitative estimate of drug-likeness (QED) is 0.850. The van der Waals surface area contributed by atoms with Crippen LogP contribution in [0.15, 0.2) is 11.6 Å². The molecule has 1 heterocycles. The zero-order valence-electron chi connectivity index (χ0n) is 9.62. The number of thiazole rings is 1. The van der Waals surface area contributed by atoms with Crippen molar-refractivity contribution in [2.75, 3.05) is 6.54 Å². The molecule has 1 N–H and O–H groups in total. The van der Waals surface area contributed by atoms with Crippen molar-refractivity contribution in [1.82, 2.24) is 10.3 Å². The molecule has 15 heavy (non-hydrogen) atoms. The second-order valence-corrected chi connectivity index (χ2v) is 5.89. The minimum Gasteiger partial charge on any atom is -0.306 e. The van der Waals surface area contributed by atoms with Gasteiger partial charge >= 0.3 is 0 Å². The summed E-state index contributed by atoms with van der Waals surface area (Å²) < 4.78 is 0. The van der Waals surface area contributed by atoms with Gasteiger partial charge in [-0.2, -0.15) is 0 Å². The standard InChI is InChI=1S/C12H20N2S/c1-12(2,11-13-7-8-15-11)14-9-10-5-3-4-6-10/h7-8,10,14H,3-6,9H2,1-2H3. The van der Waals surface area contributed by atoms with Crippen LogP contribution in [0.2, 0.25) is 0 Å². The number of nitrogens with one attached hydrogen (secondary N) is 1. The second kappa shape index (κ2) is 4.62. The summed E-state index contributed by atoms with van der Waals surface area (Å²) in [5.41, 5.74) is 0.0384. The van der Waals surface area contributed by atoms with Gasteiger partial charge in [-0.25, -0.2) is 4.98 Å². The highest BCUT2D eigenvalue weighted by atomic mass is 32.1. The Labute approximate surface area is 96.1 Å². The predicted octanol–water partition coefficient (Wildman–Crippen LogP) is 3.16. The van der Waals surface area contributed by atoms with Crippen LogP contribution in [0.5, 0.6) is 0 Å². The fourth-order valence-corrected chi connectivity index (χ4v) is 2.96. The van der Waals surface area contributed by atoms with E-state index in [0.717, 1.165) is 12.5 Å². The normalized spacial score (nSPS) is 18.5. The molecule has 2 nitrogen and oxygen atoms in total. The first-order chi connectivity index (χ1) is 7.18. The third kappa shape index (κ3) is 2.79. The summed E-state index contributed by atoms with van der Waals surface area (Å²) in [5.74, 6) is 0.893. The molecule has 0 amide bonds. The number of hydrogen-bond acceptors (Lipinski definition) is 3. The Morgan fingerprint density at radius 1 is 1.47 bits per heavy atom. The van der Waals surface area contributed by atoms with E-state index in [-0.39, 0.29) is 5.54 Å². The zero-order valence-corrected chi connectivity index (χ0v) is 10.4. The Balaban J connectivity index is 1.87. The van der Waals surface area contributed by atoms with Gasteiger partial charge in [-0.05, 0) is 39.2 Å². The number of hydrogen-bond donors (Lipinski definition) is 1. The highest BCUT2D eigenvalue weighted by Crippen LogP contribution is 2.27. The lowest BCUT2D eigenvalue weighted by atomic mass is 10.0. The summed E-state index contributed by atoms with van der Waals surface area (Å²) in [7, 11) is 0. The Kier molecular flexibility index (Phi) is 3.42. The maximum atomic E-state index is 4.39. The Bertz CT molecular complexity index is 287. The predicted molar refractivity (Wildman–Crippen MR) is 65.1 cm³/mol. The van der Waals surface area contributed by atoms with Gasteiger partial charge in [0.15, 0.2) is 0 Å². The smallest absolute Gasteiger partial charge is 0.112 e. The van der Waals surface area contributed by atoms with Crippen LogP contribution in [0.25, 0.3) is 0 Å². The molecule has 1 aromatic rings. The van der Waals surface area contributed by atoms with E-state index in [9.17, 15) is 0 Å². The summed E-state index contributed by atoms with van der Waals surface area (Å²) in [6.45, 7) is 5.59. The molecule has 1 aliphatic rings.